The Morgan fingerprint density at radius 2 is 1.71 bits per heavy atom. The van der Waals surface area contributed by atoms with Crippen LogP contribution in [0.15, 0.2) is 41.2 Å². The second-order valence-electron chi connectivity index (χ2n) is 4.98. The molecule has 2 aromatic carbocycles. The highest BCUT2D eigenvalue weighted by molar-refractivity contribution is 6.40. The molecule has 0 aliphatic rings. The van der Waals surface area contributed by atoms with E-state index in [4.69, 9.17) is 28.9 Å². The molecule has 0 aliphatic heterocycles. The Bertz CT molecular complexity index is 1020. The average Bonchev–Trinajstić information content (AvgIpc) is 2.52. The first-order chi connectivity index (χ1) is 11.4. The van der Waals surface area contributed by atoms with Gasteiger partial charge in [-0.1, -0.05) is 23.2 Å². The number of aromatic nitrogens is 1. The fourth-order valence-electron chi connectivity index (χ4n) is 2.33. The lowest BCUT2D eigenvalue weighted by Gasteiger charge is -2.13. The summed E-state index contributed by atoms with van der Waals surface area (Å²) in [6.07, 6.45) is 0. The van der Waals surface area contributed by atoms with Crippen molar-refractivity contribution in [2.24, 2.45) is 5.73 Å². The average molecular weight is 366 g/mol. The fourth-order valence-corrected chi connectivity index (χ4v) is 2.78. The number of halogens is 3. The predicted molar refractivity (Wildman–Crippen MR) is 92.8 cm³/mol. The van der Waals surface area contributed by atoms with E-state index in [0.717, 1.165) is 0 Å². The second-order valence-corrected chi connectivity index (χ2v) is 5.79. The summed E-state index contributed by atoms with van der Waals surface area (Å²) >= 11 is 12.2. The number of aromatic amines is 1. The molecule has 3 rings (SSSR count). The molecule has 1 amide bonds. The van der Waals surface area contributed by atoms with E-state index in [-0.39, 0.29) is 32.3 Å². The van der Waals surface area contributed by atoms with E-state index < -0.39 is 17.2 Å². The Labute approximate surface area is 145 Å². The largest absolute Gasteiger partial charge is 0.365 e. The van der Waals surface area contributed by atoms with E-state index in [9.17, 15) is 14.0 Å². The number of pyridine rings is 1. The van der Waals surface area contributed by atoms with Crippen LogP contribution in [0.25, 0.3) is 10.9 Å². The van der Waals surface area contributed by atoms with Crippen LogP contribution in [0, 0.1) is 5.82 Å². The van der Waals surface area contributed by atoms with E-state index >= 15 is 0 Å². The lowest BCUT2D eigenvalue weighted by atomic mass is 10.1. The smallest absolute Gasteiger partial charge is 0.256 e. The van der Waals surface area contributed by atoms with Gasteiger partial charge < -0.3 is 16.0 Å². The Morgan fingerprint density at radius 1 is 1.08 bits per heavy atom. The molecule has 0 spiro atoms. The van der Waals surface area contributed by atoms with E-state index in [2.05, 4.69) is 10.3 Å². The Hall–Kier alpha value is -2.57. The summed E-state index contributed by atoms with van der Waals surface area (Å²) < 4.78 is 13.0. The first-order valence-electron chi connectivity index (χ1n) is 6.75. The number of nitrogens with two attached hydrogens (primary N) is 1. The molecule has 0 saturated heterocycles. The number of rotatable bonds is 3. The summed E-state index contributed by atoms with van der Waals surface area (Å²) in [7, 11) is 0. The van der Waals surface area contributed by atoms with Crippen LogP contribution in [0.4, 0.5) is 15.9 Å². The third-order valence-corrected chi connectivity index (χ3v) is 4.05. The van der Waals surface area contributed by atoms with Crippen molar-refractivity contribution in [3.63, 3.8) is 0 Å². The summed E-state index contributed by atoms with van der Waals surface area (Å²) in [6, 6.07) is 8.34. The minimum absolute atomic E-state index is 0.0516. The maximum Gasteiger partial charge on any atom is 0.256 e. The van der Waals surface area contributed by atoms with Gasteiger partial charge in [0.25, 0.3) is 5.91 Å². The molecule has 0 aliphatic carbocycles. The third kappa shape index (κ3) is 2.81. The van der Waals surface area contributed by atoms with Crippen LogP contribution in [0.1, 0.15) is 10.4 Å². The topological polar surface area (TPSA) is 88.0 Å². The number of fused-ring (bicyclic) bond motifs is 1. The van der Waals surface area contributed by atoms with Gasteiger partial charge in [-0.25, -0.2) is 4.39 Å². The summed E-state index contributed by atoms with van der Waals surface area (Å²) in [5.41, 5.74) is 5.12. The van der Waals surface area contributed by atoms with E-state index in [1.165, 1.54) is 36.4 Å². The van der Waals surface area contributed by atoms with Crippen molar-refractivity contribution in [2.45, 2.75) is 0 Å². The third-order valence-electron chi connectivity index (χ3n) is 3.42. The van der Waals surface area contributed by atoms with Crippen LogP contribution in [-0.2, 0) is 0 Å². The first-order valence-corrected chi connectivity index (χ1v) is 7.50. The number of carbonyl (C=O) groups excluding carboxylic acids is 1. The predicted octanol–water partition coefficient (Wildman–Crippen LogP) is 3.82. The highest BCUT2D eigenvalue weighted by atomic mass is 35.5. The van der Waals surface area contributed by atoms with Gasteiger partial charge in [-0.2, -0.15) is 0 Å². The van der Waals surface area contributed by atoms with Gasteiger partial charge in [-0.05, 0) is 36.4 Å². The SMILES string of the molecule is NC(=O)c1c(Nc2ccc(F)cc2)[nH]c2c(Cl)ccc(Cl)c2c1=O. The Balaban J connectivity index is 2.28. The van der Waals surface area contributed by atoms with Crippen LogP contribution in [0.5, 0.6) is 0 Å². The molecule has 0 saturated carbocycles. The fraction of sp³-hybridized carbons (Fsp3) is 0. The van der Waals surface area contributed by atoms with Crippen molar-refractivity contribution in [1.29, 1.82) is 0 Å². The van der Waals surface area contributed by atoms with Crippen LogP contribution in [0.3, 0.4) is 0 Å². The van der Waals surface area contributed by atoms with Gasteiger partial charge in [-0.3, -0.25) is 9.59 Å². The van der Waals surface area contributed by atoms with Gasteiger partial charge in [0, 0.05) is 5.69 Å². The molecule has 3 aromatic rings. The van der Waals surface area contributed by atoms with E-state index in [1.807, 2.05) is 0 Å². The molecule has 8 heteroatoms. The monoisotopic (exact) mass is 365 g/mol. The molecular weight excluding hydrogens is 356 g/mol. The molecule has 0 atom stereocenters. The number of anilines is 2. The molecule has 4 N–H and O–H groups in total. The van der Waals surface area contributed by atoms with E-state index in [1.54, 1.807) is 0 Å². The number of hydrogen-bond donors (Lipinski definition) is 3. The number of hydrogen-bond acceptors (Lipinski definition) is 3. The molecule has 24 heavy (non-hydrogen) atoms. The van der Waals surface area contributed by atoms with Crippen LogP contribution in [0.2, 0.25) is 10.0 Å². The van der Waals surface area contributed by atoms with Crippen molar-refractivity contribution in [2.75, 3.05) is 5.32 Å². The maximum absolute atomic E-state index is 13.0. The summed E-state index contributed by atoms with van der Waals surface area (Å²) in [6.45, 7) is 0. The van der Waals surface area contributed by atoms with Gasteiger partial charge in [0.05, 0.1) is 20.9 Å². The highest BCUT2D eigenvalue weighted by Crippen LogP contribution is 2.29. The van der Waals surface area contributed by atoms with Crippen LogP contribution >= 0.6 is 23.2 Å². The maximum atomic E-state index is 13.0. The molecular formula is C16H10Cl2FN3O2. The zero-order valence-corrected chi connectivity index (χ0v) is 13.5. The standard InChI is InChI=1S/C16H10Cl2FN3O2/c17-9-5-6-10(18)13-11(9)14(23)12(15(20)24)16(22-13)21-8-3-1-7(19)2-4-8/h1-6H,(H2,20,24)(H2,21,22,23). The number of H-pyrrole nitrogens is 1. The zero-order valence-electron chi connectivity index (χ0n) is 12.0. The minimum Gasteiger partial charge on any atom is -0.365 e. The molecule has 1 heterocycles. The summed E-state index contributed by atoms with van der Waals surface area (Å²) in [5.74, 6) is -1.30. The Morgan fingerprint density at radius 3 is 2.33 bits per heavy atom. The molecule has 0 unspecified atom stereocenters. The normalized spacial score (nSPS) is 10.8. The van der Waals surface area contributed by atoms with Crippen molar-refractivity contribution >= 4 is 51.5 Å². The van der Waals surface area contributed by atoms with Gasteiger partial charge >= 0.3 is 0 Å². The van der Waals surface area contributed by atoms with Gasteiger partial charge in [0.2, 0.25) is 5.43 Å². The lowest BCUT2D eigenvalue weighted by Crippen LogP contribution is -2.24. The molecule has 1 aromatic heterocycles. The van der Waals surface area contributed by atoms with Crippen molar-refractivity contribution in [3.05, 3.63) is 68.0 Å². The van der Waals surface area contributed by atoms with Gasteiger partial charge in [0.1, 0.15) is 17.2 Å². The number of benzene rings is 2. The van der Waals surface area contributed by atoms with Crippen molar-refractivity contribution < 1.29 is 9.18 Å². The Kier molecular flexibility index (Phi) is 4.17. The van der Waals surface area contributed by atoms with Crippen LogP contribution in [-0.4, -0.2) is 10.9 Å². The van der Waals surface area contributed by atoms with E-state index in [0.29, 0.717) is 5.69 Å². The lowest BCUT2D eigenvalue weighted by molar-refractivity contribution is 0.1000. The minimum atomic E-state index is -0.932. The number of amides is 1. The van der Waals surface area contributed by atoms with Gasteiger partial charge in [0.15, 0.2) is 0 Å². The number of carbonyl (C=O) groups is 1. The molecule has 0 radical (unpaired) electrons. The number of primary amides is 1. The summed E-state index contributed by atoms with van der Waals surface area (Å²) in [4.78, 5) is 27.3. The second kappa shape index (κ2) is 6.14. The van der Waals surface area contributed by atoms with Crippen LogP contribution < -0.4 is 16.5 Å². The van der Waals surface area contributed by atoms with Gasteiger partial charge in [-0.15, -0.1) is 0 Å². The first kappa shape index (κ1) is 16.3. The highest BCUT2D eigenvalue weighted by Gasteiger charge is 2.20. The molecule has 0 fully saturated rings. The quantitative estimate of drug-likeness (QED) is 0.659. The summed E-state index contributed by atoms with van der Waals surface area (Å²) in [5, 5.41) is 3.31. The number of nitrogens with one attached hydrogen (secondary N) is 2. The molecule has 122 valence electrons. The molecule has 5 nitrogen and oxygen atoms in total. The van der Waals surface area contributed by atoms with Crippen molar-refractivity contribution in [3.8, 4) is 0 Å². The van der Waals surface area contributed by atoms with Crippen molar-refractivity contribution in [1.82, 2.24) is 4.98 Å². The molecule has 0 bridgehead atoms. The zero-order chi connectivity index (χ0) is 17.4.